The lowest BCUT2D eigenvalue weighted by atomic mass is 9.95. The molecule has 1 aliphatic carbocycles. The molecule has 1 aliphatic rings. The van der Waals surface area contributed by atoms with Crippen molar-refractivity contribution < 1.29 is 38.1 Å². The summed E-state index contributed by atoms with van der Waals surface area (Å²) in [5, 5.41) is 0. The molecule has 44 heavy (non-hydrogen) atoms. The van der Waals surface area contributed by atoms with Gasteiger partial charge in [0.2, 0.25) is 0 Å². The van der Waals surface area contributed by atoms with E-state index in [2.05, 4.69) is 13.8 Å². The van der Waals surface area contributed by atoms with Gasteiger partial charge in [-0.2, -0.15) is 0 Å². The maximum Gasteiger partial charge on any atom is 0.338 e. The Kier molecular flexibility index (Phi) is 15.5. The zero-order chi connectivity index (χ0) is 31.6. The largest absolute Gasteiger partial charge is 0.459 e. The van der Waals surface area contributed by atoms with Gasteiger partial charge in [0.15, 0.2) is 0 Å². The van der Waals surface area contributed by atoms with Gasteiger partial charge in [-0.3, -0.25) is 9.59 Å². The molecule has 8 nitrogen and oxygen atoms in total. The van der Waals surface area contributed by atoms with E-state index in [9.17, 15) is 19.2 Å². The Morgan fingerprint density at radius 2 is 0.864 bits per heavy atom. The number of benzene rings is 2. The van der Waals surface area contributed by atoms with Crippen LogP contribution in [0.15, 0.2) is 48.5 Å². The van der Waals surface area contributed by atoms with Gasteiger partial charge in [-0.05, 0) is 87.1 Å². The average molecular weight is 609 g/mol. The van der Waals surface area contributed by atoms with E-state index in [1.807, 2.05) is 0 Å². The maximum absolute atomic E-state index is 12.7. The summed E-state index contributed by atoms with van der Waals surface area (Å²) < 4.78 is 22.1. The third-order valence-electron chi connectivity index (χ3n) is 7.78. The zero-order valence-electron chi connectivity index (χ0n) is 26.4. The molecule has 0 aromatic heterocycles. The van der Waals surface area contributed by atoms with Gasteiger partial charge in [0.05, 0.1) is 11.1 Å². The lowest BCUT2D eigenvalue weighted by molar-refractivity contribution is -0.135. The summed E-state index contributed by atoms with van der Waals surface area (Å²) in [4.78, 5) is 49.4. The molecule has 0 bridgehead atoms. The second kappa shape index (κ2) is 19.6. The van der Waals surface area contributed by atoms with E-state index in [4.69, 9.17) is 18.9 Å². The van der Waals surface area contributed by atoms with Crippen LogP contribution in [0.3, 0.4) is 0 Å². The second-order valence-corrected chi connectivity index (χ2v) is 11.5. The molecule has 2 aromatic rings. The third kappa shape index (κ3) is 12.9. The van der Waals surface area contributed by atoms with Crippen molar-refractivity contribution in [2.45, 2.75) is 129 Å². The van der Waals surface area contributed by atoms with E-state index in [1.165, 1.54) is 12.8 Å². The van der Waals surface area contributed by atoms with Gasteiger partial charge in [-0.1, -0.05) is 65.2 Å². The number of rotatable bonds is 18. The van der Waals surface area contributed by atoms with Gasteiger partial charge in [0.1, 0.15) is 23.7 Å². The molecule has 1 saturated carbocycles. The molecule has 0 atom stereocenters. The maximum atomic E-state index is 12.7. The van der Waals surface area contributed by atoms with Crippen molar-refractivity contribution in [2.24, 2.45) is 0 Å². The highest BCUT2D eigenvalue weighted by Gasteiger charge is 2.27. The molecule has 0 N–H and O–H groups in total. The highest BCUT2D eigenvalue weighted by molar-refractivity contribution is 5.90. The highest BCUT2D eigenvalue weighted by Crippen LogP contribution is 2.26. The van der Waals surface area contributed by atoms with Crippen LogP contribution in [-0.2, 0) is 19.1 Å². The van der Waals surface area contributed by atoms with E-state index in [1.54, 1.807) is 48.5 Å². The molecule has 0 radical (unpaired) electrons. The van der Waals surface area contributed by atoms with E-state index >= 15 is 0 Å². The van der Waals surface area contributed by atoms with E-state index < -0.39 is 11.9 Å². The minimum Gasteiger partial charge on any atom is -0.459 e. The number of hydrogen-bond donors (Lipinski definition) is 0. The van der Waals surface area contributed by atoms with E-state index in [0.29, 0.717) is 61.2 Å². The molecule has 0 saturated heterocycles. The first-order valence-corrected chi connectivity index (χ1v) is 16.4. The van der Waals surface area contributed by atoms with Crippen molar-refractivity contribution in [1.82, 2.24) is 0 Å². The van der Waals surface area contributed by atoms with Gasteiger partial charge >= 0.3 is 23.9 Å². The molecule has 0 amide bonds. The van der Waals surface area contributed by atoms with Gasteiger partial charge in [0.25, 0.3) is 0 Å². The summed E-state index contributed by atoms with van der Waals surface area (Å²) in [5.41, 5.74) is 0.776. The molecule has 0 aliphatic heterocycles. The summed E-state index contributed by atoms with van der Waals surface area (Å²) in [6, 6.07) is 12.8. The van der Waals surface area contributed by atoms with Crippen LogP contribution >= 0.6 is 0 Å². The Bertz CT molecular complexity index is 1070. The van der Waals surface area contributed by atoms with Crippen LogP contribution in [0.4, 0.5) is 0 Å². The molecular weight excluding hydrogens is 560 g/mol. The Hall–Kier alpha value is -3.68. The van der Waals surface area contributed by atoms with E-state index in [-0.39, 0.29) is 24.1 Å². The Balaban J connectivity index is 1.33. The summed E-state index contributed by atoms with van der Waals surface area (Å²) >= 11 is 0. The lowest BCUT2D eigenvalue weighted by Gasteiger charge is -2.28. The molecule has 0 unspecified atom stereocenters. The van der Waals surface area contributed by atoms with Crippen molar-refractivity contribution in [1.29, 1.82) is 0 Å². The van der Waals surface area contributed by atoms with Gasteiger partial charge < -0.3 is 18.9 Å². The second-order valence-electron chi connectivity index (χ2n) is 11.5. The van der Waals surface area contributed by atoms with Crippen LogP contribution in [0.5, 0.6) is 11.5 Å². The topological polar surface area (TPSA) is 105 Å². The molecule has 0 spiro atoms. The Morgan fingerprint density at radius 1 is 0.523 bits per heavy atom. The van der Waals surface area contributed by atoms with Crippen molar-refractivity contribution in [3.05, 3.63) is 59.7 Å². The van der Waals surface area contributed by atoms with E-state index in [0.717, 1.165) is 51.4 Å². The molecule has 0 heterocycles. The minimum atomic E-state index is -0.434. The van der Waals surface area contributed by atoms with Crippen molar-refractivity contribution >= 4 is 23.9 Å². The molecule has 3 rings (SSSR count). The SMILES string of the molecule is CCCCCCCC(=O)Oc1ccc(C(=O)OC2CCC(OC(=O)c3ccc(OC(=O)CCCCCCC)cc3)CC2)cc1. The van der Waals surface area contributed by atoms with Gasteiger partial charge in [0, 0.05) is 12.8 Å². The van der Waals surface area contributed by atoms with Crippen LogP contribution in [-0.4, -0.2) is 36.1 Å². The Morgan fingerprint density at radius 3 is 1.20 bits per heavy atom. The number of unbranched alkanes of at least 4 members (excludes halogenated alkanes) is 8. The summed E-state index contributed by atoms with van der Waals surface area (Å²) in [6.07, 6.45) is 13.2. The standard InChI is InChI=1S/C36H48O8/c1-3-5-7-9-11-13-33(37)41-29-19-15-27(16-20-29)35(39)43-31-23-25-32(26-24-31)44-36(40)28-17-21-30(22-18-28)42-34(38)14-12-10-8-6-4-2/h15-22,31-32H,3-14,23-26H2,1-2H3. The smallest absolute Gasteiger partial charge is 0.338 e. The first kappa shape index (κ1) is 34.8. The van der Waals surface area contributed by atoms with Crippen LogP contribution in [0.2, 0.25) is 0 Å². The summed E-state index contributed by atoms with van der Waals surface area (Å²) in [7, 11) is 0. The van der Waals surface area contributed by atoms with Crippen LogP contribution in [0.1, 0.15) is 137 Å². The fourth-order valence-electron chi connectivity index (χ4n) is 5.14. The van der Waals surface area contributed by atoms with Crippen LogP contribution in [0, 0.1) is 0 Å². The van der Waals surface area contributed by atoms with Gasteiger partial charge in [-0.15, -0.1) is 0 Å². The molecule has 1 fully saturated rings. The normalized spacial score (nSPS) is 16.1. The number of ether oxygens (including phenoxy) is 4. The first-order valence-electron chi connectivity index (χ1n) is 16.4. The number of hydrogen-bond acceptors (Lipinski definition) is 8. The van der Waals surface area contributed by atoms with Crippen molar-refractivity contribution in [2.75, 3.05) is 0 Å². The van der Waals surface area contributed by atoms with Gasteiger partial charge in [-0.25, -0.2) is 9.59 Å². The van der Waals surface area contributed by atoms with Crippen LogP contribution < -0.4 is 9.47 Å². The molecule has 240 valence electrons. The monoisotopic (exact) mass is 608 g/mol. The fourth-order valence-corrected chi connectivity index (χ4v) is 5.14. The predicted molar refractivity (Wildman–Crippen MR) is 168 cm³/mol. The molecule has 8 heteroatoms. The number of carbonyl (C=O) groups is 4. The lowest BCUT2D eigenvalue weighted by Crippen LogP contribution is -2.29. The summed E-state index contributed by atoms with van der Waals surface area (Å²) in [5.74, 6) is -0.586. The quantitative estimate of drug-likeness (QED) is 0.0942. The van der Waals surface area contributed by atoms with Crippen LogP contribution in [0.25, 0.3) is 0 Å². The third-order valence-corrected chi connectivity index (χ3v) is 7.78. The number of esters is 4. The van der Waals surface area contributed by atoms with Crippen molar-refractivity contribution in [3.8, 4) is 11.5 Å². The minimum absolute atomic E-state index is 0.261. The predicted octanol–water partition coefficient (Wildman–Crippen LogP) is 8.54. The molecule has 2 aromatic carbocycles. The fraction of sp³-hybridized carbons (Fsp3) is 0.556. The number of carbonyl (C=O) groups excluding carboxylic acids is 4. The highest BCUT2D eigenvalue weighted by atomic mass is 16.6. The first-order chi connectivity index (χ1) is 21.4. The average Bonchev–Trinajstić information content (AvgIpc) is 3.02. The summed E-state index contributed by atoms with van der Waals surface area (Å²) in [6.45, 7) is 4.31. The zero-order valence-corrected chi connectivity index (χ0v) is 26.4. The molecular formula is C36H48O8. The Labute approximate surface area is 261 Å². The van der Waals surface area contributed by atoms with Crippen molar-refractivity contribution in [3.63, 3.8) is 0 Å².